The first-order valence-electron chi connectivity index (χ1n) is 7.88. The minimum Gasteiger partial charge on any atom is -0.398 e. The van der Waals surface area contributed by atoms with E-state index in [-0.39, 0.29) is 5.69 Å². The minimum atomic E-state index is -1.10. The molecular weight excluding hydrogens is 326 g/mol. The molecule has 3 rings (SSSR count). The van der Waals surface area contributed by atoms with Crippen molar-refractivity contribution in [3.63, 3.8) is 0 Å². The van der Waals surface area contributed by atoms with Crippen LogP contribution >= 0.6 is 0 Å². The number of fused-ring (bicyclic) bond motifs is 1. The van der Waals surface area contributed by atoms with Crippen molar-refractivity contribution < 1.29 is 18.6 Å². The summed E-state index contributed by atoms with van der Waals surface area (Å²) in [5, 5.41) is 11.4. The average molecular weight is 344 g/mol. The maximum absolute atomic E-state index is 14.6. The molecule has 1 saturated heterocycles. The van der Waals surface area contributed by atoms with E-state index in [1.165, 1.54) is 18.2 Å². The average Bonchev–Trinajstić information content (AvgIpc) is 2.74. The van der Waals surface area contributed by atoms with Gasteiger partial charge in [0.1, 0.15) is 5.73 Å². The van der Waals surface area contributed by atoms with Gasteiger partial charge in [0, 0.05) is 6.07 Å². The number of benzene rings is 1. The van der Waals surface area contributed by atoms with Gasteiger partial charge in [-0.25, -0.2) is 9.37 Å². The van der Waals surface area contributed by atoms with E-state index >= 15 is 0 Å². The predicted molar refractivity (Wildman–Crippen MR) is 93.6 cm³/mol. The summed E-state index contributed by atoms with van der Waals surface area (Å²) in [6.07, 6.45) is 1.22. The van der Waals surface area contributed by atoms with E-state index in [9.17, 15) is 14.5 Å². The van der Waals surface area contributed by atoms with Crippen molar-refractivity contribution in [2.45, 2.75) is 38.9 Å². The van der Waals surface area contributed by atoms with E-state index in [0.717, 1.165) is 0 Å². The molecule has 1 aromatic carbocycles. The summed E-state index contributed by atoms with van der Waals surface area (Å²) in [7, 11) is -1.10. The lowest BCUT2D eigenvalue weighted by atomic mass is 9.87. The molecule has 0 radical (unpaired) electrons. The second-order valence-corrected chi connectivity index (χ2v) is 6.95. The number of hydrogen-bond acceptors (Lipinski definition) is 5. The monoisotopic (exact) mass is 344 g/mol. The van der Waals surface area contributed by atoms with Crippen LogP contribution in [0.5, 0.6) is 0 Å². The molecule has 1 aromatic heterocycles. The van der Waals surface area contributed by atoms with Crippen molar-refractivity contribution in [3.8, 4) is 0 Å². The van der Waals surface area contributed by atoms with Gasteiger partial charge in [0.15, 0.2) is 0 Å². The molecule has 8 heteroatoms. The van der Waals surface area contributed by atoms with Crippen molar-refractivity contribution in [3.05, 3.63) is 51.9 Å². The van der Waals surface area contributed by atoms with E-state index in [0.29, 0.717) is 16.6 Å². The number of pyridine rings is 1. The Hall–Kier alpha value is -2.32. The van der Waals surface area contributed by atoms with Gasteiger partial charge in [-0.1, -0.05) is 6.07 Å². The van der Waals surface area contributed by atoms with Crippen LogP contribution in [0.15, 0.2) is 36.1 Å². The van der Waals surface area contributed by atoms with Gasteiger partial charge in [0.05, 0.1) is 32.7 Å². The van der Waals surface area contributed by atoms with E-state index in [2.05, 4.69) is 4.98 Å². The molecule has 0 N–H and O–H groups in total. The Bertz CT molecular complexity index is 866. The molecular formula is C17H18BFN2O4. The Balaban J connectivity index is 1.93. The molecule has 0 aliphatic carbocycles. The van der Waals surface area contributed by atoms with Gasteiger partial charge in [-0.3, -0.25) is 10.1 Å². The summed E-state index contributed by atoms with van der Waals surface area (Å²) in [5.74, 6) is 0. The van der Waals surface area contributed by atoms with Crippen molar-refractivity contribution in [2.75, 3.05) is 0 Å². The third kappa shape index (κ3) is 3.15. The number of non-ortho nitro benzene ring substituents is 1. The molecule has 0 amide bonds. The second-order valence-electron chi connectivity index (χ2n) is 6.95. The SMILES string of the molecule is CC1(C)OB(C(F)=Cc2ccc3c([N+](=O)[O-])cccc3n2)OC1(C)C. The van der Waals surface area contributed by atoms with Crippen LogP contribution in [0.25, 0.3) is 17.0 Å². The van der Waals surface area contributed by atoms with Crippen LogP contribution in [-0.4, -0.2) is 28.2 Å². The fourth-order valence-corrected chi connectivity index (χ4v) is 2.56. The zero-order valence-electron chi connectivity index (χ0n) is 14.4. The molecule has 1 aliphatic rings. The lowest BCUT2D eigenvalue weighted by Gasteiger charge is -2.32. The zero-order chi connectivity index (χ0) is 18.4. The molecule has 0 saturated carbocycles. The van der Waals surface area contributed by atoms with Crippen LogP contribution in [0.3, 0.4) is 0 Å². The minimum absolute atomic E-state index is 0.0352. The van der Waals surface area contributed by atoms with Crippen LogP contribution < -0.4 is 0 Å². The molecule has 0 spiro atoms. The van der Waals surface area contributed by atoms with Crippen LogP contribution in [0, 0.1) is 10.1 Å². The van der Waals surface area contributed by atoms with Gasteiger partial charge in [0.25, 0.3) is 5.69 Å². The van der Waals surface area contributed by atoms with E-state index < -0.39 is 29.0 Å². The summed E-state index contributed by atoms with van der Waals surface area (Å²) in [6.45, 7) is 7.36. The summed E-state index contributed by atoms with van der Waals surface area (Å²) < 4.78 is 25.9. The molecule has 25 heavy (non-hydrogen) atoms. The topological polar surface area (TPSA) is 74.5 Å². The van der Waals surface area contributed by atoms with Gasteiger partial charge < -0.3 is 9.31 Å². The first kappa shape index (κ1) is 17.5. The molecule has 2 aromatic rings. The standard InChI is InChI=1S/C17H18BFN2O4/c1-16(2)17(3,4)25-18(24-16)15(19)10-11-8-9-12-13(20-11)6-5-7-14(12)21(22)23/h5-10H,1-4H3. The lowest BCUT2D eigenvalue weighted by Crippen LogP contribution is -2.41. The first-order valence-corrected chi connectivity index (χ1v) is 7.88. The summed E-state index contributed by atoms with van der Waals surface area (Å²) in [6, 6.07) is 7.69. The molecule has 130 valence electrons. The third-order valence-corrected chi connectivity index (χ3v) is 4.69. The Morgan fingerprint density at radius 2 is 1.84 bits per heavy atom. The van der Waals surface area contributed by atoms with Crippen molar-refractivity contribution in [1.29, 1.82) is 0 Å². The highest BCUT2D eigenvalue weighted by Crippen LogP contribution is 2.39. The Labute approximate surface area is 144 Å². The van der Waals surface area contributed by atoms with Crippen molar-refractivity contribution >= 4 is 29.8 Å². The van der Waals surface area contributed by atoms with Crippen LogP contribution in [0.2, 0.25) is 0 Å². The van der Waals surface area contributed by atoms with Crippen molar-refractivity contribution in [1.82, 2.24) is 4.98 Å². The van der Waals surface area contributed by atoms with Crippen molar-refractivity contribution in [2.24, 2.45) is 0 Å². The largest absolute Gasteiger partial charge is 0.525 e. The molecule has 0 unspecified atom stereocenters. The van der Waals surface area contributed by atoms with E-state index in [1.807, 2.05) is 27.7 Å². The number of hydrogen-bond donors (Lipinski definition) is 0. The quantitative estimate of drug-likeness (QED) is 0.476. The summed E-state index contributed by atoms with van der Waals surface area (Å²) >= 11 is 0. The Kier molecular flexibility index (Phi) is 4.13. The number of nitrogens with zero attached hydrogens (tertiary/aromatic N) is 2. The van der Waals surface area contributed by atoms with Gasteiger partial charge in [-0.05, 0) is 52.0 Å². The van der Waals surface area contributed by atoms with Crippen LogP contribution in [-0.2, 0) is 9.31 Å². The fourth-order valence-electron chi connectivity index (χ4n) is 2.56. The predicted octanol–water partition coefficient (Wildman–Crippen LogP) is 4.08. The maximum Gasteiger partial charge on any atom is 0.525 e. The normalized spacial score (nSPS) is 19.4. The number of aromatic nitrogens is 1. The van der Waals surface area contributed by atoms with Gasteiger partial charge >= 0.3 is 7.12 Å². The third-order valence-electron chi connectivity index (χ3n) is 4.69. The maximum atomic E-state index is 14.6. The highest BCUT2D eigenvalue weighted by molar-refractivity contribution is 6.54. The molecule has 1 aliphatic heterocycles. The van der Waals surface area contributed by atoms with Crippen LogP contribution in [0.4, 0.5) is 10.1 Å². The Morgan fingerprint density at radius 3 is 2.44 bits per heavy atom. The number of halogens is 1. The smallest absolute Gasteiger partial charge is 0.398 e. The Morgan fingerprint density at radius 1 is 1.20 bits per heavy atom. The lowest BCUT2D eigenvalue weighted by molar-refractivity contribution is -0.383. The second kappa shape index (κ2) is 5.89. The molecule has 0 atom stereocenters. The zero-order valence-corrected chi connectivity index (χ0v) is 14.4. The van der Waals surface area contributed by atoms with Crippen LogP contribution in [0.1, 0.15) is 33.4 Å². The number of rotatable bonds is 3. The summed E-state index contributed by atoms with van der Waals surface area (Å²) in [5.41, 5.74) is -1.16. The molecule has 0 bridgehead atoms. The molecule has 1 fully saturated rings. The molecule has 6 nitrogen and oxygen atoms in total. The highest BCUT2D eigenvalue weighted by atomic mass is 19.1. The van der Waals surface area contributed by atoms with Gasteiger partial charge in [-0.2, -0.15) is 0 Å². The highest BCUT2D eigenvalue weighted by Gasteiger charge is 2.53. The molecule has 2 heterocycles. The number of nitro groups is 1. The van der Waals surface area contributed by atoms with Gasteiger partial charge in [-0.15, -0.1) is 0 Å². The first-order chi connectivity index (χ1) is 11.6. The van der Waals surface area contributed by atoms with E-state index in [1.54, 1.807) is 18.2 Å². The van der Waals surface area contributed by atoms with E-state index in [4.69, 9.17) is 9.31 Å². The summed E-state index contributed by atoms with van der Waals surface area (Å²) in [4.78, 5) is 14.8. The van der Waals surface area contributed by atoms with Gasteiger partial charge in [0.2, 0.25) is 0 Å². The fraction of sp³-hybridized carbons (Fsp3) is 0.353. The number of nitro benzene ring substituents is 1.